The molecule has 1 amide bonds. The van der Waals surface area contributed by atoms with Crippen LogP contribution in [0.4, 0.5) is 0 Å². The van der Waals surface area contributed by atoms with Gasteiger partial charge in [0.2, 0.25) is 5.91 Å². The van der Waals surface area contributed by atoms with Gasteiger partial charge in [0.05, 0.1) is 16.1 Å². The number of amides is 1. The van der Waals surface area contributed by atoms with Gasteiger partial charge in [-0.3, -0.25) is 9.59 Å². The second kappa shape index (κ2) is 8.22. The third kappa shape index (κ3) is 4.64. The number of Topliss-reactive ketones (excluding diaryl/α,β-unsaturated/α-hetero) is 1. The maximum atomic E-state index is 12.4. The fraction of sp³-hybridized carbons (Fsp3) is 0.222. The van der Waals surface area contributed by atoms with Crippen molar-refractivity contribution in [2.45, 2.75) is 18.4 Å². The van der Waals surface area contributed by atoms with Gasteiger partial charge in [0.25, 0.3) is 0 Å². The molecule has 0 fully saturated rings. The minimum absolute atomic E-state index is 0.0404. The number of nitrogens with one attached hydrogen (secondary N) is 1. The van der Waals surface area contributed by atoms with Crippen LogP contribution in [0, 0.1) is 0 Å². The number of thioether (sulfide) groups is 1. The third-order valence-electron chi connectivity index (χ3n) is 3.53. The molecule has 3 rings (SSSR count). The van der Waals surface area contributed by atoms with E-state index in [0.29, 0.717) is 12.3 Å². The van der Waals surface area contributed by atoms with E-state index < -0.39 is 0 Å². The van der Waals surface area contributed by atoms with Gasteiger partial charge in [0.15, 0.2) is 5.78 Å². The van der Waals surface area contributed by atoms with Crippen LogP contribution in [-0.4, -0.2) is 34.0 Å². The molecule has 0 aliphatic rings. The zero-order valence-corrected chi connectivity index (χ0v) is 15.3. The molecule has 0 unspecified atom stereocenters. The highest BCUT2D eigenvalue weighted by Gasteiger charge is 2.12. The molecule has 0 atom stereocenters. The molecule has 3 aromatic rings. The number of aromatic nitrogens is 2. The van der Waals surface area contributed by atoms with Gasteiger partial charge in [-0.2, -0.15) is 0 Å². The monoisotopic (exact) mass is 371 g/mol. The molecule has 0 spiro atoms. The maximum Gasteiger partial charge on any atom is 0.216 e. The number of fused-ring (bicyclic) bond motifs is 1. The molecule has 0 aliphatic carbocycles. The molecule has 7 heteroatoms. The lowest BCUT2D eigenvalue weighted by molar-refractivity contribution is -0.118. The first-order valence-electron chi connectivity index (χ1n) is 7.82. The van der Waals surface area contributed by atoms with Gasteiger partial charge in [0, 0.05) is 23.7 Å². The number of benzene rings is 1. The number of carbonyl (C=O) groups is 2. The van der Waals surface area contributed by atoms with Crippen LogP contribution in [0.25, 0.3) is 10.9 Å². The number of nitrogens with zero attached hydrogens (tertiary/aromatic N) is 2. The zero-order valence-electron chi connectivity index (χ0n) is 13.7. The Labute approximate surface area is 153 Å². The number of para-hydroxylation sites is 1. The molecule has 0 saturated heterocycles. The van der Waals surface area contributed by atoms with Gasteiger partial charge in [0.1, 0.15) is 11.4 Å². The summed E-state index contributed by atoms with van der Waals surface area (Å²) in [5.74, 6) is 0.386. The van der Waals surface area contributed by atoms with E-state index >= 15 is 0 Å². The molecule has 5 nitrogen and oxygen atoms in total. The Balaban J connectivity index is 1.61. The summed E-state index contributed by atoms with van der Waals surface area (Å²) in [6.07, 6.45) is 2.27. The highest BCUT2D eigenvalue weighted by molar-refractivity contribution is 8.00. The number of rotatable bonds is 7. The van der Waals surface area contributed by atoms with Crippen molar-refractivity contribution in [3.63, 3.8) is 0 Å². The van der Waals surface area contributed by atoms with Crippen molar-refractivity contribution in [1.82, 2.24) is 15.3 Å². The van der Waals surface area contributed by atoms with Crippen molar-refractivity contribution in [2.24, 2.45) is 0 Å². The van der Waals surface area contributed by atoms with Crippen LogP contribution < -0.4 is 5.32 Å². The van der Waals surface area contributed by atoms with Crippen molar-refractivity contribution in [1.29, 1.82) is 0 Å². The van der Waals surface area contributed by atoms with Gasteiger partial charge in [-0.25, -0.2) is 9.97 Å². The first-order chi connectivity index (χ1) is 12.1. The van der Waals surface area contributed by atoms with Crippen LogP contribution in [0.1, 0.15) is 21.5 Å². The predicted octanol–water partition coefficient (Wildman–Crippen LogP) is 3.34. The minimum Gasteiger partial charge on any atom is -0.356 e. The summed E-state index contributed by atoms with van der Waals surface area (Å²) in [6.45, 7) is 2.09. The highest BCUT2D eigenvalue weighted by Crippen LogP contribution is 2.26. The summed E-state index contributed by atoms with van der Waals surface area (Å²) in [6, 6.07) is 11.6. The fourth-order valence-electron chi connectivity index (χ4n) is 2.32. The van der Waals surface area contributed by atoms with Crippen LogP contribution in [0.5, 0.6) is 0 Å². The Hall–Kier alpha value is -2.25. The number of carbonyl (C=O) groups excluding carboxylic acids is 2. The first kappa shape index (κ1) is 17.6. The predicted molar refractivity (Wildman–Crippen MR) is 101 cm³/mol. The highest BCUT2D eigenvalue weighted by atomic mass is 32.2. The van der Waals surface area contributed by atoms with E-state index in [9.17, 15) is 9.59 Å². The second-order valence-electron chi connectivity index (χ2n) is 5.41. The molecule has 0 radical (unpaired) electrons. The number of ketones is 1. The molecular formula is C18H17N3O2S2. The average molecular weight is 371 g/mol. The second-order valence-corrected chi connectivity index (χ2v) is 7.54. The summed E-state index contributed by atoms with van der Waals surface area (Å²) < 4.78 is 0. The largest absolute Gasteiger partial charge is 0.356 e. The van der Waals surface area contributed by atoms with Crippen LogP contribution in [0.3, 0.4) is 0 Å². The Morgan fingerprint density at radius 1 is 1.16 bits per heavy atom. The summed E-state index contributed by atoms with van der Waals surface area (Å²) in [5.41, 5.74) is 0.879. The molecule has 1 N–H and O–H groups in total. The lowest BCUT2D eigenvalue weighted by atomic mass is 10.2. The van der Waals surface area contributed by atoms with Crippen molar-refractivity contribution in [2.75, 3.05) is 12.3 Å². The molecule has 2 heterocycles. The molecule has 0 bridgehead atoms. The Bertz CT molecular complexity index is 903. The van der Waals surface area contributed by atoms with E-state index in [4.69, 9.17) is 0 Å². The first-order valence-corrected chi connectivity index (χ1v) is 9.62. The van der Waals surface area contributed by atoms with E-state index in [1.54, 1.807) is 0 Å². The van der Waals surface area contributed by atoms with Crippen molar-refractivity contribution in [3.8, 4) is 0 Å². The number of hydrogen-bond donors (Lipinski definition) is 1. The van der Waals surface area contributed by atoms with Crippen LogP contribution in [0.2, 0.25) is 0 Å². The van der Waals surface area contributed by atoms with E-state index in [0.717, 1.165) is 32.1 Å². The van der Waals surface area contributed by atoms with E-state index in [1.807, 2.05) is 36.4 Å². The summed E-state index contributed by atoms with van der Waals surface area (Å²) >= 11 is 2.92. The molecule has 0 aliphatic heterocycles. The Morgan fingerprint density at radius 3 is 2.84 bits per heavy atom. The van der Waals surface area contributed by atoms with Gasteiger partial charge in [-0.05, 0) is 24.6 Å². The average Bonchev–Trinajstić information content (AvgIpc) is 3.08. The van der Waals surface area contributed by atoms with E-state index in [1.165, 1.54) is 36.3 Å². The summed E-state index contributed by atoms with van der Waals surface area (Å²) in [7, 11) is 0. The third-order valence-corrected chi connectivity index (χ3v) is 5.72. The summed E-state index contributed by atoms with van der Waals surface area (Å²) in [4.78, 5) is 33.7. The van der Waals surface area contributed by atoms with Crippen LogP contribution in [-0.2, 0) is 11.2 Å². The quantitative estimate of drug-likeness (QED) is 0.392. The smallest absolute Gasteiger partial charge is 0.216 e. The molecule has 25 heavy (non-hydrogen) atoms. The van der Waals surface area contributed by atoms with E-state index in [2.05, 4.69) is 15.3 Å². The van der Waals surface area contributed by atoms with Crippen LogP contribution in [0.15, 0.2) is 47.8 Å². The van der Waals surface area contributed by atoms with E-state index in [-0.39, 0.29) is 11.7 Å². The van der Waals surface area contributed by atoms with Crippen molar-refractivity contribution < 1.29 is 9.59 Å². The topological polar surface area (TPSA) is 72.0 Å². The zero-order chi connectivity index (χ0) is 17.6. The lowest BCUT2D eigenvalue weighted by Crippen LogP contribution is -2.22. The lowest BCUT2D eigenvalue weighted by Gasteiger charge is -2.03. The van der Waals surface area contributed by atoms with Gasteiger partial charge in [-0.1, -0.05) is 30.0 Å². The normalized spacial score (nSPS) is 10.8. The molecule has 128 valence electrons. The van der Waals surface area contributed by atoms with Crippen molar-refractivity contribution >= 4 is 45.7 Å². The summed E-state index contributed by atoms with van der Waals surface area (Å²) in [5, 5.41) is 4.54. The maximum absolute atomic E-state index is 12.4. The molecule has 2 aromatic heterocycles. The van der Waals surface area contributed by atoms with Gasteiger partial charge in [-0.15, -0.1) is 11.3 Å². The van der Waals surface area contributed by atoms with Gasteiger partial charge >= 0.3 is 0 Å². The molecule has 0 saturated carbocycles. The number of hydrogen-bond acceptors (Lipinski definition) is 6. The van der Waals surface area contributed by atoms with Gasteiger partial charge < -0.3 is 5.32 Å². The SMILES string of the molecule is CC(=O)NCCc1ccc(C(=O)CSc2ncnc3ccccc23)s1. The molecular weight excluding hydrogens is 354 g/mol. The Morgan fingerprint density at radius 2 is 2.00 bits per heavy atom. The fourth-order valence-corrected chi connectivity index (χ4v) is 4.23. The standard InChI is InChI=1S/C18H17N3O2S2/c1-12(22)19-9-8-13-6-7-17(25-13)16(23)10-24-18-14-4-2-3-5-15(14)20-11-21-18/h2-7,11H,8-10H2,1H3,(H,19,22). The number of thiophene rings is 1. The minimum atomic E-state index is -0.0404. The van der Waals surface area contributed by atoms with Crippen molar-refractivity contribution in [3.05, 3.63) is 52.5 Å². The van der Waals surface area contributed by atoms with Crippen LogP contribution >= 0.6 is 23.1 Å². The Kier molecular flexibility index (Phi) is 5.78. The molecule has 1 aromatic carbocycles.